The number of likely N-dealkylation sites (tertiary alicyclic amines) is 1. The van der Waals surface area contributed by atoms with Crippen LogP contribution in [0.4, 0.5) is 0 Å². The van der Waals surface area contributed by atoms with Gasteiger partial charge in [0.15, 0.2) is 0 Å². The Morgan fingerprint density at radius 2 is 2.21 bits per heavy atom. The third kappa shape index (κ3) is 2.61. The molecule has 0 aliphatic carbocycles. The molecule has 2 aliphatic heterocycles. The first kappa shape index (κ1) is 9.78. The number of hydrogen-bond donors (Lipinski definition) is 1. The van der Waals surface area contributed by atoms with Crippen LogP contribution in [0.3, 0.4) is 0 Å². The van der Waals surface area contributed by atoms with Crippen LogP contribution in [0.25, 0.3) is 0 Å². The second kappa shape index (κ2) is 4.65. The van der Waals surface area contributed by atoms with Crippen LogP contribution in [0.15, 0.2) is 23.9 Å². The van der Waals surface area contributed by atoms with Crippen molar-refractivity contribution >= 4 is 0 Å². The molecule has 0 amide bonds. The van der Waals surface area contributed by atoms with Gasteiger partial charge >= 0.3 is 0 Å². The van der Waals surface area contributed by atoms with Gasteiger partial charge in [-0.05, 0) is 37.4 Å². The first-order valence-electron chi connectivity index (χ1n) is 5.66. The predicted molar refractivity (Wildman–Crippen MR) is 60.1 cm³/mol. The lowest BCUT2D eigenvalue weighted by molar-refractivity contribution is 0.207. The minimum absolute atomic E-state index is 0.931. The molecule has 2 aliphatic rings. The van der Waals surface area contributed by atoms with Crippen LogP contribution in [0.5, 0.6) is 0 Å². The Balaban J connectivity index is 1.80. The summed E-state index contributed by atoms with van der Waals surface area (Å²) >= 11 is 0. The summed E-state index contributed by atoms with van der Waals surface area (Å²) in [5.74, 6) is 0.931. The van der Waals surface area contributed by atoms with Gasteiger partial charge in [-0.3, -0.25) is 4.90 Å². The first-order valence-corrected chi connectivity index (χ1v) is 5.66. The standard InChI is InChI=1S/C12H20N2/c1-11-4-7-14(8-5-11)10-12-3-2-6-13-9-12/h2-3,9,11,13H,4-8,10H2,1H3. The summed E-state index contributed by atoms with van der Waals surface area (Å²) in [5.41, 5.74) is 1.42. The molecule has 78 valence electrons. The van der Waals surface area contributed by atoms with Crippen LogP contribution >= 0.6 is 0 Å². The van der Waals surface area contributed by atoms with E-state index in [2.05, 4.69) is 35.5 Å². The van der Waals surface area contributed by atoms with Gasteiger partial charge in [0.1, 0.15) is 0 Å². The minimum atomic E-state index is 0.931. The summed E-state index contributed by atoms with van der Waals surface area (Å²) in [6.45, 7) is 7.01. The van der Waals surface area contributed by atoms with Crippen molar-refractivity contribution in [3.63, 3.8) is 0 Å². The molecule has 2 rings (SSSR count). The summed E-state index contributed by atoms with van der Waals surface area (Å²) in [5, 5.41) is 3.26. The average Bonchev–Trinajstić information content (AvgIpc) is 2.23. The maximum Gasteiger partial charge on any atom is 0.0328 e. The monoisotopic (exact) mass is 192 g/mol. The molecule has 0 unspecified atom stereocenters. The number of piperidine rings is 1. The number of rotatable bonds is 2. The maximum atomic E-state index is 3.26. The number of nitrogens with one attached hydrogen (secondary N) is 1. The van der Waals surface area contributed by atoms with Crippen molar-refractivity contribution in [1.29, 1.82) is 0 Å². The zero-order valence-corrected chi connectivity index (χ0v) is 9.00. The SMILES string of the molecule is CC1CCN(CC2=CNCC=C2)CC1. The van der Waals surface area contributed by atoms with Crippen molar-refractivity contribution in [3.05, 3.63) is 23.9 Å². The first-order chi connectivity index (χ1) is 6.84. The quantitative estimate of drug-likeness (QED) is 0.717. The van der Waals surface area contributed by atoms with E-state index < -0.39 is 0 Å². The molecular formula is C12H20N2. The minimum Gasteiger partial charge on any atom is -0.387 e. The molecule has 0 atom stereocenters. The molecule has 2 heteroatoms. The van der Waals surface area contributed by atoms with Crippen LogP contribution < -0.4 is 5.32 Å². The van der Waals surface area contributed by atoms with Crippen molar-refractivity contribution in [2.45, 2.75) is 19.8 Å². The van der Waals surface area contributed by atoms with Gasteiger partial charge in [-0.15, -0.1) is 0 Å². The van der Waals surface area contributed by atoms with E-state index in [1.165, 1.54) is 31.5 Å². The fourth-order valence-electron chi connectivity index (χ4n) is 2.09. The van der Waals surface area contributed by atoms with Gasteiger partial charge in [0, 0.05) is 19.3 Å². The van der Waals surface area contributed by atoms with Gasteiger partial charge in [-0.1, -0.05) is 19.1 Å². The van der Waals surface area contributed by atoms with E-state index >= 15 is 0 Å². The van der Waals surface area contributed by atoms with Gasteiger partial charge in [0.25, 0.3) is 0 Å². The molecule has 0 spiro atoms. The van der Waals surface area contributed by atoms with E-state index in [0.29, 0.717) is 0 Å². The van der Waals surface area contributed by atoms with Crippen LogP contribution in [-0.4, -0.2) is 31.1 Å². The van der Waals surface area contributed by atoms with E-state index in [0.717, 1.165) is 19.0 Å². The Hall–Kier alpha value is -0.760. The van der Waals surface area contributed by atoms with E-state index in [9.17, 15) is 0 Å². The zero-order valence-electron chi connectivity index (χ0n) is 9.00. The fourth-order valence-corrected chi connectivity index (χ4v) is 2.09. The lowest BCUT2D eigenvalue weighted by Gasteiger charge is -2.30. The van der Waals surface area contributed by atoms with Crippen LogP contribution in [0, 0.1) is 5.92 Å². The Kier molecular flexibility index (Phi) is 3.25. The van der Waals surface area contributed by atoms with Gasteiger partial charge in [0.05, 0.1) is 0 Å². The third-order valence-electron chi connectivity index (χ3n) is 3.14. The fraction of sp³-hybridized carbons (Fsp3) is 0.667. The highest BCUT2D eigenvalue weighted by Gasteiger charge is 2.15. The van der Waals surface area contributed by atoms with Gasteiger partial charge in [-0.2, -0.15) is 0 Å². The normalized spacial score (nSPS) is 24.5. The van der Waals surface area contributed by atoms with Crippen LogP contribution in [-0.2, 0) is 0 Å². The second-order valence-electron chi connectivity index (χ2n) is 4.49. The highest BCUT2D eigenvalue weighted by molar-refractivity contribution is 5.23. The molecule has 1 saturated heterocycles. The molecule has 0 saturated carbocycles. The summed E-state index contributed by atoms with van der Waals surface area (Å²) in [7, 11) is 0. The van der Waals surface area contributed by atoms with Gasteiger partial charge in [0.2, 0.25) is 0 Å². The molecule has 0 radical (unpaired) electrons. The maximum absolute atomic E-state index is 3.26. The van der Waals surface area contributed by atoms with Crippen molar-refractivity contribution in [2.75, 3.05) is 26.2 Å². The van der Waals surface area contributed by atoms with Crippen LogP contribution in [0.2, 0.25) is 0 Å². The molecule has 0 bridgehead atoms. The molecule has 0 aromatic heterocycles. The van der Waals surface area contributed by atoms with Gasteiger partial charge in [-0.25, -0.2) is 0 Å². The number of dihydropyridines is 1. The van der Waals surface area contributed by atoms with Crippen molar-refractivity contribution in [1.82, 2.24) is 10.2 Å². The van der Waals surface area contributed by atoms with E-state index in [4.69, 9.17) is 0 Å². The topological polar surface area (TPSA) is 15.3 Å². The Morgan fingerprint density at radius 1 is 1.43 bits per heavy atom. The van der Waals surface area contributed by atoms with E-state index in [-0.39, 0.29) is 0 Å². The lowest BCUT2D eigenvalue weighted by atomic mass is 9.99. The summed E-state index contributed by atoms with van der Waals surface area (Å²) in [6, 6.07) is 0. The van der Waals surface area contributed by atoms with Crippen molar-refractivity contribution in [2.24, 2.45) is 5.92 Å². The summed E-state index contributed by atoms with van der Waals surface area (Å²) < 4.78 is 0. The zero-order chi connectivity index (χ0) is 9.80. The molecule has 0 aromatic carbocycles. The average molecular weight is 192 g/mol. The van der Waals surface area contributed by atoms with Crippen molar-refractivity contribution < 1.29 is 0 Å². The smallest absolute Gasteiger partial charge is 0.0328 e. The molecule has 1 fully saturated rings. The Morgan fingerprint density at radius 3 is 2.86 bits per heavy atom. The molecule has 0 aromatic rings. The van der Waals surface area contributed by atoms with Gasteiger partial charge < -0.3 is 5.32 Å². The Labute approximate surface area is 86.7 Å². The molecule has 2 heterocycles. The summed E-state index contributed by atoms with van der Waals surface area (Å²) in [4.78, 5) is 2.56. The molecular weight excluding hydrogens is 172 g/mol. The molecule has 2 nitrogen and oxygen atoms in total. The third-order valence-corrected chi connectivity index (χ3v) is 3.14. The molecule has 1 N–H and O–H groups in total. The van der Waals surface area contributed by atoms with Crippen molar-refractivity contribution in [3.8, 4) is 0 Å². The number of nitrogens with zero attached hydrogens (tertiary/aromatic N) is 1. The van der Waals surface area contributed by atoms with E-state index in [1.807, 2.05) is 0 Å². The summed E-state index contributed by atoms with van der Waals surface area (Å²) in [6.07, 6.45) is 9.32. The second-order valence-corrected chi connectivity index (χ2v) is 4.49. The largest absolute Gasteiger partial charge is 0.387 e. The molecule has 14 heavy (non-hydrogen) atoms. The van der Waals surface area contributed by atoms with Crippen LogP contribution in [0.1, 0.15) is 19.8 Å². The lowest BCUT2D eigenvalue weighted by Crippen LogP contribution is -2.34. The highest BCUT2D eigenvalue weighted by Crippen LogP contribution is 2.17. The van der Waals surface area contributed by atoms with E-state index in [1.54, 1.807) is 0 Å². The predicted octanol–water partition coefficient (Wildman–Crippen LogP) is 1.76. The number of hydrogen-bond acceptors (Lipinski definition) is 2. The highest BCUT2D eigenvalue weighted by atomic mass is 15.1. The Bertz CT molecular complexity index is 235.